The van der Waals surface area contributed by atoms with Gasteiger partial charge >= 0.3 is 6.18 Å². The van der Waals surface area contributed by atoms with Gasteiger partial charge in [-0.05, 0) is 43.7 Å². The van der Waals surface area contributed by atoms with Crippen molar-refractivity contribution in [3.8, 4) is 5.88 Å². The number of carbonyl (C=O) groups excluding carboxylic acids is 1. The first-order valence-electron chi connectivity index (χ1n) is 9.64. The van der Waals surface area contributed by atoms with E-state index in [4.69, 9.17) is 4.74 Å². The lowest BCUT2D eigenvalue weighted by Gasteiger charge is -2.17. The summed E-state index contributed by atoms with van der Waals surface area (Å²) in [5.41, 5.74) is 1.33. The third kappa shape index (κ3) is 5.97. The van der Waals surface area contributed by atoms with Crippen LogP contribution in [0.5, 0.6) is 5.88 Å². The maximum atomic E-state index is 13.6. The first kappa shape index (κ1) is 23.5. The van der Waals surface area contributed by atoms with Gasteiger partial charge in [0, 0.05) is 23.6 Å². The Bertz CT molecular complexity index is 1200. The molecule has 3 N–H and O–H groups in total. The van der Waals surface area contributed by atoms with Crippen LogP contribution in [0.15, 0.2) is 49.2 Å². The summed E-state index contributed by atoms with van der Waals surface area (Å²) < 4.78 is 46.0. The van der Waals surface area contributed by atoms with E-state index >= 15 is 0 Å². The number of nitrogens with one attached hydrogen (secondary N) is 3. The Morgan fingerprint density at radius 2 is 1.85 bits per heavy atom. The van der Waals surface area contributed by atoms with Crippen LogP contribution in [0.2, 0.25) is 0 Å². The molecule has 0 aliphatic rings. The molecule has 172 valence electrons. The number of aryl methyl sites for hydroxylation is 2. The highest BCUT2D eigenvalue weighted by molar-refractivity contribution is 6.01. The van der Waals surface area contributed by atoms with Crippen LogP contribution >= 0.6 is 0 Å². The van der Waals surface area contributed by atoms with Crippen LogP contribution < -0.4 is 20.7 Å². The molecule has 2 heterocycles. The molecule has 1 aromatic carbocycles. The van der Waals surface area contributed by atoms with Crippen molar-refractivity contribution in [2.45, 2.75) is 20.0 Å². The van der Waals surface area contributed by atoms with E-state index in [1.807, 2.05) is 0 Å². The number of carbonyl (C=O) groups is 1. The zero-order valence-electron chi connectivity index (χ0n) is 18.0. The molecule has 33 heavy (non-hydrogen) atoms. The summed E-state index contributed by atoms with van der Waals surface area (Å²) in [5, 5.41) is 8.10. The lowest BCUT2D eigenvalue weighted by Crippen LogP contribution is -2.14. The fourth-order valence-corrected chi connectivity index (χ4v) is 2.87. The van der Waals surface area contributed by atoms with Gasteiger partial charge in [0.25, 0.3) is 0 Å². The molecule has 0 saturated carbocycles. The van der Waals surface area contributed by atoms with Crippen LogP contribution in [0.3, 0.4) is 0 Å². The van der Waals surface area contributed by atoms with E-state index in [0.29, 0.717) is 23.5 Å². The predicted octanol–water partition coefficient (Wildman–Crippen LogP) is 5.13. The second-order valence-corrected chi connectivity index (χ2v) is 6.99. The maximum Gasteiger partial charge on any atom is 0.421 e. The van der Waals surface area contributed by atoms with Gasteiger partial charge in [-0.15, -0.1) is 0 Å². The summed E-state index contributed by atoms with van der Waals surface area (Å²) in [7, 11) is 1.45. The van der Waals surface area contributed by atoms with Crippen molar-refractivity contribution in [2.75, 3.05) is 23.1 Å². The standard InChI is InChI=1S/C22H21F3N6O2/c1-5-18(32)29-17-8-12(2)6-7-16(17)30-20-15(22(23,24)25)11-26-21(31-20)28-14-9-13(3)27-19(10-14)33-4/h5-11H,1H2,2-4H3,(H,29,32)(H2,26,27,28,30,31). The van der Waals surface area contributed by atoms with Crippen LogP contribution in [0.25, 0.3) is 0 Å². The van der Waals surface area contributed by atoms with Gasteiger partial charge in [0.15, 0.2) is 0 Å². The van der Waals surface area contributed by atoms with Crippen LogP contribution in [-0.4, -0.2) is 28.0 Å². The molecule has 0 bridgehead atoms. The third-order valence-electron chi connectivity index (χ3n) is 4.36. The summed E-state index contributed by atoms with van der Waals surface area (Å²) in [5.74, 6) is -0.755. The molecule has 0 saturated heterocycles. The first-order valence-corrected chi connectivity index (χ1v) is 9.64. The number of nitrogens with zero attached hydrogens (tertiary/aromatic N) is 3. The van der Waals surface area contributed by atoms with Crippen molar-refractivity contribution >= 4 is 34.7 Å². The van der Waals surface area contributed by atoms with Crippen LogP contribution in [0, 0.1) is 13.8 Å². The van der Waals surface area contributed by atoms with Crippen molar-refractivity contribution < 1.29 is 22.7 Å². The lowest BCUT2D eigenvalue weighted by atomic mass is 10.1. The number of aromatic nitrogens is 3. The number of amides is 1. The molecule has 3 rings (SSSR count). The number of alkyl halides is 3. The number of methoxy groups -OCH3 is 1. The van der Waals surface area contributed by atoms with Crippen molar-refractivity contribution in [3.05, 3.63) is 66.0 Å². The Morgan fingerprint density at radius 1 is 1.09 bits per heavy atom. The third-order valence-corrected chi connectivity index (χ3v) is 4.36. The number of hydrogen-bond donors (Lipinski definition) is 3. The molecule has 0 radical (unpaired) electrons. The van der Waals surface area contributed by atoms with E-state index in [1.54, 1.807) is 44.2 Å². The highest BCUT2D eigenvalue weighted by Gasteiger charge is 2.35. The van der Waals surface area contributed by atoms with E-state index in [0.717, 1.165) is 11.6 Å². The average molecular weight is 458 g/mol. The molecule has 0 atom stereocenters. The van der Waals surface area contributed by atoms with Crippen molar-refractivity contribution in [1.29, 1.82) is 0 Å². The zero-order chi connectivity index (χ0) is 24.2. The molecule has 1 amide bonds. The highest BCUT2D eigenvalue weighted by atomic mass is 19.4. The lowest BCUT2D eigenvalue weighted by molar-refractivity contribution is -0.137. The SMILES string of the molecule is C=CC(=O)Nc1cc(C)ccc1Nc1nc(Nc2cc(C)nc(OC)c2)ncc1C(F)(F)F. The number of ether oxygens (including phenoxy) is 1. The van der Waals surface area contributed by atoms with Crippen molar-refractivity contribution in [1.82, 2.24) is 15.0 Å². The molecule has 8 nitrogen and oxygen atoms in total. The second-order valence-electron chi connectivity index (χ2n) is 6.99. The molecular formula is C22H21F3N6O2. The van der Waals surface area contributed by atoms with Gasteiger partial charge < -0.3 is 20.7 Å². The molecule has 0 fully saturated rings. The number of rotatable bonds is 7. The minimum atomic E-state index is -4.72. The molecule has 2 aromatic heterocycles. The molecule has 11 heteroatoms. The van der Waals surface area contributed by atoms with Crippen LogP contribution in [-0.2, 0) is 11.0 Å². The second kappa shape index (κ2) is 9.55. The molecule has 0 aliphatic carbocycles. The van der Waals surface area contributed by atoms with E-state index in [1.165, 1.54) is 7.11 Å². The average Bonchev–Trinajstić information content (AvgIpc) is 2.74. The Balaban J connectivity index is 2.01. The van der Waals surface area contributed by atoms with Gasteiger partial charge in [-0.2, -0.15) is 18.2 Å². The molecular weight excluding hydrogens is 437 g/mol. The summed E-state index contributed by atoms with van der Waals surface area (Å²) >= 11 is 0. The molecule has 0 spiro atoms. The van der Waals surface area contributed by atoms with Gasteiger partial charge in [0.2, 0.25) is 17.7 Å². The smallest absolute Gasteiger partial charge is 0.421 e. The van der Waals surface area contributed by atoms with E-state index in [9.17, 15) is 18.0 Å². The topological polar surface area (TPSA) is 101 Å². The zero-order valence-corrected chi connectivity index (χ0v) is 18.0. The largest absolute Gasteiger partial charge is 0.481 e. The molecule has 0 aliphatic heterocycles. The van der Waals surface area contributed by atoms with Gasteiger partial charge in [0.05, 0.1) is 18.5 Å². The van der Waals surface area contributed by atoms with Crippen LogP contribution in [0.4, 0.5) is 42.0 Å². The number of pyridine rings is 1. The number of anilines is 5. The number of benzene rings is 1. The molecule has 3 aromatic rings. The normalized spacial score (nSPS) is 11.0. The first-order chi connectivity index (χ1) is 15.6. The summed E-state index contributed by atoms with van der Waals surface area (Å²) in [6.07, 6.45) is -2.98. The van der Waals surface area contributed by atoms with E-state index < -0.39 is 23.5 Å². The Hall–Kier alpha value is -4.15. The van der Waals surface area contributed by atoms with E-state index in [2.05, 4.69) is 37.5 Å². The Labute approximate surface area is 187 Å². The summed E-state index contributed by atoms with van der Waals surface area (Å²) in [6.45, 7) is 6.91. The van der Waals surface area contributed by atoms with Crippen LogP contribution in [0.1, 0.15) is 16.8 Å². The fraction of sp³-hybridized carbons (Fsp3) is 0.182. The Morgan fingerprint density at radius 3 is 2.52 bits per heavy atom. The number of hydrogen-bond acceptors (Lipinski definition) is 7. The quantitative estimate of drug-likeness (QED) is 0.422. The van der Waals surface area contributed by atoms with Gasteiger partial charge in [-0.3, -0.25) is 4.79 Å². The fourth-order valence-electron chi connectivity index (χ4n) is 2.87. The van der Waals surface area contributed by atoms with Crippen molar-refractivity contribution in [3.63, 3.8) is 0 Å². The number of halogens is 3. The predicted molar refractivity (Wildman–Crippen MR) is 119 cm³/mol. The molecule has 0 unspecified atom stereocenters. The monoisotopic (exact) mass is 458 g/mol. The van der Waals surface area contributed by atoms with E-state index in [-0.39, 0.29) is 17.3 Å². The Kier molecular flexibility index (Phi) is 6.80. The van der Waals surface area contributed by atoms with Gasteiger partial charge in [0.1, 0.15) is 11.4 Å². The summed E-state index contributed by atoms with van der Waals surface area (Å²) in [4.78, 5) is 23.8. The van der Waals surface area contributed by atoms with Crippen molar-refractivity contribution in [2.24, 2.45) is 0 Å². The maximum absolute atomic E-state index is 13.6. The minimum absolute atomic E-state index is 0.0815. The van der Waals surface area contributed by atoms with Gasteiger partial charge in [-0.1, -0.05) is 12.6 Å². The minimum Gasteiger partial charge on any atom is -0.481 e. The highest BCUT2D eigenvalue weighted by Crippen LogP contribution is 2.37. The van der Waals surface area contributed by atoms with Gasteiger partial charge in [-0.25, -0.2) is 9.97 Å². The summed E-state index contributed by atoms with van der Waals surface area (Å²) in [6, 6.07) is 8.07.